The van der Waals surface area contributed by atoms with Crippen molar-refractivity contribution in [2.24, 2.45) is 5.41 Å². The number of amides is 1. The summed E-state index contributed by atoms with van der Waals surface area (Å²) in [5, 5.41) is 11.8. The molecule has 4 heterocycles. The van der Waals surface area contributed by atoms with Gasteiger partial charge in [0.15, 0.2) is 0 Å². The van der Waals surface area contributed by atoms with Crippen LogP contribution in [0, 0.1) is 5.41 Å². The van der Waals surface area contributed by atoms with Crippen LogP contribution in [0.2, 0.25) is 0 Å². The molecule has 1 amide bonds. The zero-order chi connectivity index (χ0) is 26.0. The van der Waals surface area contributed by atoms with Gasteiger partial charge in [-0.25, -0.2) is 0 Å². The molecule has 1 unspecified atom stereocenters. The fraction of sp³-hybridized carbons (Fsp3) is 0.500. The van der Waals surface area contributed by atoms with Crippen molar-refractivity contribution in [3.8, 4) is 0 Å². The quantitative estimate of drug-likeness (QED) is 0.508. The number of nitrogens with zero attached hydrogens (tertiary/aromatic N) is 5. The largest absolute Gasteiger partial charge is 0.416 e. The second kappa shape index (κ2) is 8.32. The van der Waals surface area contributed by atoms with E-state index in [9.17, 15) is 18.0 Å². The number of hydrogen-bond donors (Lipinski definition) is 2. The fourth-order valence-electron chi connectivity index (χ4n) is 4.75. The normalized spacial score (nSPS) is 17.8. The Labute approximate surface area is 205 Å². The number of hydrogen-bond acceptors (Lipinski definition) is 7. The van der Waals surface area contributed by atoms with Gasteiger partial charge in [0.05, 0.1) is 49.0 Å². The number of fused-ring (bicyclic) bond motifs is 3. The summed E-state index contributed by atoms with van der Waals surface area (Å²) in [7, 11) is 0. The van der Waals surface area contributed by atoms with Crippen molar-refractivity contribution in [2.45, 2.75) is 58.9 Å². The Bertz CT molecular complexity index is 1350. The third-order valence-corrected chi connectivity index (χ3v) is 6.80. The van der Waals surface area contributed by atoms with Crippen LogP contribution in [0.1, 0.15) is 67.9 Å². The summed E-state index contributed by atoms with van der Waals surface area (Å²) in [5.74, 6) is 1.60. The number of alkyl halides is 3. The number of nitrogens with one attached hydrogen (secondary N) is 1. The first-order valence-electron chi connectivity index (χ1n) is 11.8. The molecule has 1 saturated heterocycles. The summed E-state index contributed by atoms with van der Waals surface area (Å²) in [4.78, 5) is 19.7. The number of nitrogen functional groups attached to an aromatic ring is 1. The van der Waals surface area contributed by atoms with Crippen LogP contribution in [0.4, 0.5) is 24.7 Å². The van der Waals surface area contributed by atoms with E-state index in [0.717, 1.165) is 29.2 Å². The zero-order valence-corrected chi connectivity index (χ0v) is 20.5. The summed E-state index contributed by atoms with van der Waals surface area (Å²) in [6, 6.07) is 2.94. The van der Waals surface area contributed by atoms with Crippen molar-refractivity contribution in [1.29, 1.82) is 0 Å². The third kappa shape index (κ3) is 4.02. The van der Waals surface area contributed by atoms with Crippen molar-refractivity contribution >= 4 is 23.2 Å². The number of carbonyl (C=O) groups is 1. The number of halogens is 3. The highest BCUT2D eigenvalue weighted by Gasteiger charge is 2.45. The maximum atomic E-state index is 13.4. The third-order valence-electron chi connectivity index (χ3n) is 6.80. The standard InChI is InChI=1S/C24H28F3N7O2/c1-12(2)20-31-32-22-30-19(29-13(3)14-5-15(24(25,26)27)7-16(28)6-14)17-8-33(9-18(17)34(20)22)21(35)23(4)10-36-11-23/h5-7,12-13H,8-11,28H2,1-4H3,(H,29,30,32). The number of benzene rings is 1. The Kier molecular flexibility index (Phi) is 5.62. The molecule has 1 atom stereocenters. The molecule has 0 spiro atoms. The van der Waals surface area contributed by atoms with Gasteiger partial charge in [-0.15, -0.1) is 10.2 Å². The van der Waals surface area contributed by atoms with E-state index in [2.05, 4.69) is 20.5 Å². The molecule has 192 valence electrons. The maximum Gasteiger partial charge on any atom is 0.416 e. The lowest BCUT2D eigenvalue weighted by molar-refractivity contribution is -0.169. The summed E-state index contributed by atoms with van der Waals surface area (Å²) in [5.41, 5.74) is 6.40. The smallest absolute Gasteiger partial charge is 0.399 e. The average Bonchev–Trinajstić information content (AvgIpc) is 3.40. The van der Waals surface area contributed by atoms with E-state index in [4.69, 9.17) is 10.5 Å². The van der Waals surface area contributed by atoms with Gasteiger partial charge in [0.25, 0.3) is 5.78 Å². The van der Waals surface area contributed by atoms with Crippen LogP contribution in [-0.2, 0) is 28.8 Å². The fourth-order valence-corrected chi connectivity index (χ4v) is 4.75. The van der Waals surface area contributed by atoms with E-state index in [1.54, 1.807) is 11.8 Å². The summed E-state index contributed by atoms with van der Waals surface area (Å²) in [6.07, 6.45) is -4.51. The predicted molar refractivity (Wildman–Crippen MR) is 126 cm³/mol. The summed E-state index contributed by atoms with van der Waals surface area (Å²) >= 11 is 0. The van der Waals surface area contributed by atoms with Crippen LogP contribution in [-0.4, -0.2) is 43.6 Å². The van der Waals surface area contributed by atoms with Crippen LogP contribution < -0.4 is 11.1 Å². The van der Waals surface area contributed by atoms with Gasteiger partial charge < -0.3 is 20.7 Å². The highest BCUT2D eigenvalue weighted by molar-refractivity contribution is 5.84. The van der Waals surface area contributed by atoms with Gasteiger partial charge in [-0.3, -0.25) is 9.20 Å². The zero-order valence-electron chi connectivity index (χ0n) is 20.5. The first-order chi connectivity index (χ1) is 16.9. The molecule has 2 aliphatic rings. The Morgan fingerprint density at radius 1 is 1.17 bits per heavy atom. The van der Waals surface area contributed by atoms with Gasteiger partial charge in [0, 0.05) is 17.2 Å². The van der Waals surface area contributed by atoms with Gasteiger partial charge in [-0.1, -0.05) is 13.8 Å². The van der Waals surface area contributed by atoms with Crippen molar-refractivity contribution in [3.05, 3.63) is 46.4 Å². The van der Waals surface area contributed by atoms with E-state index in [1.165, 1.54) is 6.07 Å². The molecule has 1 aromatic carbocycles. The lowest BCUT2D eigenvalue weighted by atomic mass is 9.87. The number of anilines is 2. The molecule has 3 N–H and O–H groups in total. The van der Waals surface area contributed by atoms with Crippen LogP contribution >= 0.6 is 0 Å². The van der Waals surface area contributed by atoms with Crippen molar-refractivity contribution < 1.29 is 22.7 Å². The van der Waals surface area contributed by atoms with E-state index in [0.29, 0.717) is 43.5 Å². The molecule has 0 bridgehead atoms. The molecular formula is C24H28F3N7O2. The molecule has 0 saturated carbocycles. The van der Waals surface area contributed by atoms with E-state index < -0.39 is 23.2 Å². The second-order valence-corrected chi connectivity index (χ2v) is 10.2. The minimum absolute atomic E-state index is 0.0121. The Balaban J connectivity index is 1.54. The molecule has 9 nitrogen and oxygen atoms in total. The minimum atomic E-state index is -4.51. The Morgan fingerprint density at radius 2 is 1.89 bits per heavy atom. The molecule has 5 rings (SSSR count). The lowest BCUT2D eigenvalue weighted by Gasteiger charge is -2.39. The van der Waals surface area contributed by atoms with Crippen LogP contribution in [0.15, 0.2) is 18.2 Å². The monoisotopic (exact) mass is 503 g/mol. The maximum absolute atomic E-state index is 13.4. The molecule has 12 heteroatoms. The number of carbonyl (C=O) groups excluding carboxylic acids is 1. The van der Waals surface area contributed by atoms with Crippen molar-refractivity contribution in [3.63, 3.8) is 0 Å². The molecule has 1 fully saturated rings. The van der Waals surface area contributed by atoms with Crippen LogP contribution in [0.5, 0.6) is 0 Å². The molecule has 36 heavy (non-hydrogen) atoms. The first-order valence-corrected chi connectivity index (χ1v) is 11.8. The van der Waals surface area contributed by atoms with E-state index in [-0.39, 0.29) is 17.5 Å². The van der Waals surface area contributed by atoms with Gasteiger partial charge in [0.2, 0.25) is 5.91 Å². The van der Waals surface area contributed by atoms with Crippen molar-refractivity contribution in [1.82, 2.24) is 24.5 Å². The highest BCUT2D eigenvalue weighted by Crippen LogP contribution is 2.38. The molecule has 0 aliphatic carbocycles. The number of rotatable bonds is 5. The van der Waals surface area contributed by atoms with Gasteiger partial charge in [-0.2, -0.15) is 18.2 Å². The van der Waals surface area contributed by atoms with E-state index >= 15 is 0 Å². The Morgan fingerprint density at radius 3 is 2.50 bits per heavy atom. The molecule has 2 aromatic heterocycles. The predicted octanol–water partition coefficient (Wildman–Crippen LogP) is 3.90. The number of ether oxygens (including phenoxy) is 1. The van der Waals surface area contributed by atoms with Crippen LogP contribution in [0.25, 0.3) is 5.78 Å². The molecular weight excluding hydrogens is 475 g/mol. The SMILES string of the molecule is CC(C)c1nnc2nc(NC(C)c3cc(N)cc(C(F)(F)F)c3)c3c(n12)CN(C(=O)C1(C)COC1)C3. The molecule has 3 aromatic rings. The van der Waals surface area contributed by atoms with Crippen LogP contribution in [0.3, 0.4) is 0 Å². The Hall–Kier alpha value is -3.41. The molecule has 0 radical (unpaired) electrons. The summed E-state index contributed by atoms with van der Waals surface area (Å²) in [6.45, 7) is 9.01. The minimum Gasteiger partial charge on any atom is -0.399 e. The van der Waals surface area contributed by atoms with Crippen molar-refractivity contribution in [2.75, 3.05) is 24.3 Å². The highest BCUT2D eigenvalue weighted by atomic mass is 19.4. The second-order valence-electron chi connectivity index (χ2n) is 10.2. The average molecular weight is 504 g/mol. The first kappa shape index (κ1) is 24.3. The van der Waals surface area contributed by atoms with E-state index in [1.807, 2.05) is 25.2 Å². The number of nitrogens with two attached hydrogens (primary N) is 1. The lowest BCUT2D eigenvalue weighted by Crippen LogP contribution is -2.52. The molecule has 2 aliphatic heterocycles. The topological polar surface area (TPSA) is 111 Å². The van der Waals surface area contributed by atoms with Gasteiger partial charge >= 0.3 is 6.18 Å². The summed E-state index contributed by atoms with van der Waals surface area (Å²) < 4.78 is 47.2. The van der Waals surface area contributed by atoms with Gasteiger partial charge in [-0.05, 0) is 37.6 Å². The van der Waals surface area contributed by atoms with Gasteiger partial charge in [0.1, 0.15) is 11.6 Å². The number of aromatic nitrogens is 4.